The molecule has 1 saturated heterocycles. The molecule has 0 bridgehead atoms. The summed E-state index contributed by atoms with van der Waals surface area (Å²) in [5, 5.41) is 17.4. The second-order valence-corrected chi connectivity index (χ2v) is 5.39. The Balaban J connectivity index is 1.63. The first-order valence-corrected chi connectivity index (χ1v) is 7.15. The van der Waals surface area contributed by atoms with Gasteiger partial charge in [0.05, 0.1) is 23.9 Å². The SMILES string of the molecule is CCc1[nH]ccc1C(=O)N1CC(n2cc(C(C)O)nn2)C1. The molecule has 7 nitrogen and oxygen atoms in total. The third kappa shape index (κ3) is 2.44. The van der Waals surface area contributed by atoms with Crippen molar-refractivity contribution in [2.24, 2.45) is 0 Å². The summed E-state index contributed by atoms with van der Waals surface area (Å²) in [4.78, 5) is 17.3. The number of carbonyl (C=O) groups is 1. The number of nitrogens with one attached hydrogen (secondary N) is 1. The predicted molar refractivity (Wildman–Crippen MR) is 75.8 cm³/mol. The molecule has 21 heavy (non-hydrogen) atoms. The zero-order valence-corrected chi connectivity index (χ0v) is 12.2. The molecule has 7 heteroatoms. The summed E-state index contributed by atoms with van der Waals surface area (Å²) in [6.45, 7) is 4.92. The molecular weight excluding hydrogens is 270 g/mol. The van der Waals surface area contributed by atoms with E-state index in [0.29, 0.717) is 18.8 Å². The van der Waals surface area contributed by atoms with Gasteiger partial charge in [-0.1, -0.05) is 12.1 Å². The molecule has 1 fully saturated rings. The lowest BCUT2D eigenvalue weighted by molar-refractivity contribution is 0.0497. The van der Waals surface area contributed by atoms with E-state index in [1.54, 1.807) is 28.9 Å². The summed E-state index contributed by atoms with van der Waals surface area (Å²) in [7, 11) is 0. The number of aromatic nitrogens is 4. The van der Waals surface area contributed by atoms with E-state index in [1.165, 1.54) is 0 Å². The van der Waals surface area contributed by atoms with Crippen LogP contribution in [0.1, 0.15) is 47.7 Å². The van der Waals surface area contributed by atoms with Gasteiger partial charge in [-0.2, -0.15) is 0 Å². The minimum absolute atomic E-state index is 0.0558. The van der Waals surface area contributed by atoms with Crippen molar-refractivity contribution in [3.8, 4) is 0 Å². The number of likely N-dealkylation sites (tertiary alicyclic amines) is 1. The lowest BCUT2D eigenvalue weighted by atomic mass is 10.1. The fourth-order valence-corrected chi connectivity index (χ4v) is 2.52. The van der Waals surface area contributed by atoms with Crippen LogP contribution in [-0.2, 0) is 6.42 Å². The number of amides is 1. The van der Waals surface area contributed by atoms with Crippen LogP contribution in [0.15, 0.2) is 18.5 Å². The molecule has 1 amide bonds. The van der Waals surface area contributed by atoms with Crippen LogP contribution in [0, 0.1) is 0 Å². The average molecular weight is 289 g/mol. The van der Waals surface area contributed by atoms with E-state index >= 15 is 0 Å². The molecule has 0 aliphatic carbocycles. The van der Waals surface area contributed by atoms with Crippen molar-refractivity contribution in [3.05, 3.63) is 35.4 Å². The Labute approximate surface area is 122 Å². The molecule has 112 valence electrons. The zero-order chi connectivity index (χ0) is 15.0. The van der Waals surface area contributed by atoms with Crippen molar-refractivity contribution in [1.82, 2.24) is 24.9 Å². The molecule has 0 saturated carbocycles. The smallest absolute Gasteiger partial charge is 0.255 e. The van der Waals surface area contributed by atoms with E-state index in [2.05, 4.69) is 15.3 Å². The van der Waals surface area contributed by atoms with E-state index < -0.39 is 6.10 Å². The number of hydrogen-bond acceptors (Lipinski definition) is 4. The van der Waals surface area contributed by atoms with Crippen molar-refractivity contribution in [2.75, 3.05) is 13.1 Å². The molecule has 2 aromatic rings. The fourth-order valence-electron chi connectivity index (χ4n) is 2.52. The number of hydrogen-bond donors (Lipinski definition) is 2. The van der Waals surface area contributed by atoms with Gasteiger partial charge in [0.25, 0.3) is 5.91 Å². The Bertz CT molecular complexity index is 639. The van der Waals surface area contributed by atoms with Gasteiger partial charge in [0, 0.05) is 25.0 Å². The molecule has 3 heterocycles. The van der Waals surface area contributed by atoms with Crippen LogP contribution in [0.5, 0.6) is 0 Å². The number of aliphatic hydroxyl groups is 1. The van der Waals surface area contributed by atoms with Crippen molar-refractivity contribution in [3.63, 3.8) is 0 Å². The summed E-state index contributed by atoms with van der Waals surface area (Å²) in [6, 6.07) is 1.97. The molecule has 1 aliphatic rings. The van der Waals surface area contributed by atoms with E-state index in [1.807, 2.05) is 13.0 Å². The van der Waals surface area contributed by atoms with Crippen LogP contribution in [0.3, 0.4) is 0 Å². The Kier molecular flexibility index (Phi) is 3.50. The molecular formula is C14H19N5O2. The van der Waals surface area contributed by atoms with Crippen molar-refractivity contribution < 1.29 is 9.90 Å². The van der Waals surface area contributed by atoms with E-state index in [4.69, 9.17) is 0 Å². The maximum Gasteiger partial charge on any atom is 0.255 e. The van der Waals surface area contributed by atoms with Crippen LogP contribution >= 0.6 is 0 Å². The van der Waals surface area contributed by atoms with Crippen molar-refractivity contribution in [2.45, 2.75) is 32.4 Å². The number of carbonyl (C=O) groups excluding carboxylic acids is 1. The second kappa shape index (κ2) is 5.33. The molecule has 1 atom stereocenters. The Morgan fingerprint density at radius 2 is 2.33 bits per heavy atom. The highest BCUT2D eigenvalue weighted by Gasteiger charge is 2.34. The quantitative estimate of drug-likeness (QED) is 0.876. The molecule has 0 radical (unpaired) electrons. The van der Waals surface area contributed by atoms with Gasteiger partial charge in [-0.15, -0.1) is 5.10 Å². The van der Waals surface area contributed by atoms with Gasteiger partial charge in [-0.05, 0) is 19.4 Å². The monoisotopic (exact) mass is 289 g/mol. The molecule has 3 rings (SSSR count). The van der Waals surface area contributed by atoms with Gasteiger partial charge >= 0.3 is 0 Å². The first kappa shape index (κ1) is 13.8. The number of rotatable bonds is 4. The van der Waals surface area contributed by atoms with E-state index in [0.717, 1.165) is 17.7 Å². The number of aryl methyl sites for hydroxylation is 1. The maximum absolute atomic E-state index is 12.4. The highest BCUT2D eigenvalue weighted by Crippen LogP contribution is 2.24. The van der Waals surface area contributed by atoms with Gasteiger partial charge in [-0.3, -0.25) is 4.79 Å². The molecule has 2 N–H and O–H groups in total. The molecule has 0 spiro atoms. The van der Waals surface area contributed by atoms with Crippen molar-refractivity contribution >= 4 is 5.91 Å². The van der Waals surface area contributed by atoms with Gasteiger partial charge in [0.15, 0.2) is 0 Å². The summed E-state index contributed by atoms with van der Waals surface area (Å²) < 4.78 is 1.73. The van der Waals surface area contributed by atoms with Crippen LogP contribution in [0.25, 0.3) is 0 Å². The van der Waals surface area contributed by atoms with Crippen LogP contribution in [0.4, 0.5) is 0 Å². The van der Waals surface area contributed by atoms with Gasteiger partial charge < -0.3 is 15.0 Å². The van der Waals surface area contributed by atoms with Gasteiger partial charge in [-0.25, -0.2) is 4.68 Å². The highest BCUT2D eigenvalue weighted by molar-refractivity contribution is 5.96. The third-order valence-electron chi connectivity index (χ3n) is 3.90. The third-order valence-corrected chi connectivity index (χ3v) is 3.90. The highest BCUT2D eigenvalue weighted by atomic mass is 16.3. The summed E-state index contributed by atoms with van der Waals surface area (Å²) in [5.74, 6) is 0.0558. The lowest BCUT2D eigenvalue weighted by Crippen LogP contribution is -2.51. The second-order valence-electron chi connectivity index (χ2n) is 5.39. The largest absolute Gasteiger partial charge is 0.387 e. The molecule has 2 aromatic heterocycles. The number of aromatic amines is 1. The minimum atomic E-state index is -0.622. The van der Waals surface area contributed by atoms with Gasteiger partial charge in [0.2, 0.25) is 0 Å². The molecule has 1 aliphatic heterocycles. The maximum atomic E-state index is 12.4. The first-order chi connectivity index (χ1) is 10.1. The van der Waals surface area contributed by atoms with E-state index in [9.17, 15) is 9.90 Å². The number of nitrogens with zero attached hydrogens (tertiary/aromatic N) is 4. The summed E-state index contributed by atoms with van der Waals surface area (Å²) in [5.41, 5.74) is 2.28. The lowest BCUT2D eigenvalue weighted by Gasteiger charge is -2.38. The molecule has 1 unspecified atom stereocenters. The van der Waals surface area contributed by atoms with Crippen LogP contribution < -0.4 is 0 Å². The minimum Gasteiger partial charge on any atom is -0.387 e. The summed E-state index contributed by atoms with van der Waals surface area (Å²) in [6.07, 6.45) is 3.73. The Hall–Kier alpha value is -2.15. The number of aliphatic hydroxyl groups excluding tert-OH is 1. The van der Waals surface area contributed by atoms with E-state index in [-0.39, 0.29) is 11.9 Å². The molecule has 0 aromatic carbocycles. The van der Waals surface area contributed by atoms with Crippen molar-refractivity contribution in [1.29, 1.82) is 0 Å². The normalized spacial score (nSPS) is 16.8. The average Bonchev–Trinajstić information content (AvgIpc) is 3.05. The standard InChI is InChI=1S/C14H19N5O2/c1-3-12-11(4-5-15-12)14(21)18-6-10(7-18)19-8-13(9(2)20)16-17-19/h4-5,8-10,15,20H,3,6-7H2,1-2H3. The predicted octanol–water partition coefficient (Wildman–Crippen LogP) is 0.919. The zero-order valence-electron chi connectivity index (χ0n) is 12.2. The summed E-state index contributed by atoms with van der Waals surface area (Å²) >= 11 is 0. The Morgan fingerprint density at radius 1 is 1.57 bits per heavy atom. The van der Waals surface area contributed by atoms with Gasteiger partial charge in [0.1, 0.15) is 5.69 Å². The Morgan fingerprint density at radius 3 is 2.95 bits per heavy atom. The fraction of sp³-hybridized carbons (Fsp3) is 0.500. The first-order valence-electron chi connectivity index (χ1n) is 7.15. The number of H-pyrrole nitrogens is 1. The van der Waals surface area contributed by atoms with Crippen LogP contribution in [0.2, 0.25) is 0 Å². The topological polar surface area (TPSA) is 87.0 Å². The van der Waals surface area contributed by atoms with Crippen LogP contribution in [-0.4, -0.2) is 49.0 Å².